The van der Waals surface area contributed by atoms with Gasteiger partial charge in [-0.3, -0.25) is 4.79 Å². The molecule has 0 bridgehead atoms. The molecule has 136 valence electrons. The topological polar surface area (TPSA) is 68.0 Å². The van der Waals surface area contributed by atoms with Gasteiger partial charge in [0, 0.05) is 12.8 Å². The third-order valence-corrected chi connectivity index (χ3v) is 4.25. The molecule has 2 rings (SSSR count). The van der Waals surface area contributed by atoms with Gasteiger partial charge in [-0.1, -0.05) is 64.0 Å². The lowest BCUT2D eigenvalue weighted by Gasteiger charge is -2.25. The Morgan fingerprint density at radius 1 is 1.20 bits per heavy atom. The van der Waals surface area contributed by atoms with Crippen LogP contribution in [0.3, 0.4) is 0 Å². The summed E-state index contributed by atoms with van der Waals surface area (Å²) in [6, 6.07) is 8.53. The molecule has 0 aliphatic rings. The Balaban J connectivity index is 2.01. The Morgan fingerprint density at radius 3 is 2.32 bits per heavy atom. The van der Waals surface area contributed by atoms with E-state index < -0.39 is 0 Å². The highest BCUT2D eigenvalue weighted by molar-refractivity contribution is 5.76. The molecule has 0 spiro atoms. The Labute approximate surface area is 150 Å². The van der Waals surface area contributed by atoms with E-state index in [-0.39, 0.29) is 17.4 Å². The normalized spacial score (nSPS) is 13.1. The summed E-state index contributed by atoms with van der Waals surface area (Å²) in [7, 11) is 0. The number of hydrogen-bond donors (Lipinski definition) is 1. The third kappa shape index (κ3) is 5.41. The summed E-state index contributed by atoms with van der Waals surface area (Å²) in [5.74, 6) is 1.39. The zero-order chi connectivity index (χ0) is 18.6. The van der Waals surface area contributed by atoms with Crippen LogP contribution in [0.15, 0.2) is 28.8 Å². The highest BCUT2D eigenvalue weighted by Crippen LogP contribution is 2.26. The number of rotatable bonds is 6. The summed E-state index contributed by atoms with van der Waals surface area (Å²) < 4.78 is 5.06. The van der Waals surface area contributed by atoms with Crippen molar-refractivity contribution >= 4 is 5.91 Å². The van der Waals surface area contributed by atoms with Crippen molar-refractivity contribution in [3.63, 3.8) is 0 Å². The highest BCUT2D eigenvalue weighted by atomic mass is 16.5. The summed E-state index contributed by atoms with van der Waals surface area (Å²) >= 11 is 0. The van der Waals surface area contributed by atoms with Crippen molar-refractivity contribution in [3.8, 4) is 0 Å². The fraction of sp³-hybridized carbons (Fsp3) is 0.550. The zero-order valence-electron chi connectivity index (χ0n) is 16.1. The van der Waals surface area contributed by atoms with Gasteiger partial charge in [-0.25, -0.2) is 0 Å². The molecule has 0 fully saturated rings. The lowest BCUT2D eigenvalue weighted by atomic mass is 9.85. The lowest BCUT2D eigenvalue weighted by molar-refractivity contribution is -0.122. The van der Waals surface area contributed by atoms with E-state index in [1.165, 1.54) is 5.56 Å². The van der Waals surface area contributed by atoms with Crippen LogP contribution in [0.4, 0.5) is 0 Å². The number of nitrogens with zero attached hydrogens (tertiary/aromatic N) is 2. The number of aromatic nitrogens is 2. The largest absolute Gasteiger partial charge is 0.349 e. The Bertz CT molecular complexity index is 696. The molecule has 0 saturated heterocycles. The summed E-state index contributed by atoms with van der Waals surface area (Å²) in [6.45, 7) is 12.6. The maximum atomic E-state index is 12.3. The molecule has 1 atom stereocenters. The van der Waals surface area contributed by atoms with Gasteiger partial charge in [0.1, 0.15) is 0 Å². The molecule has 0 aliphatic heterocycles. The maximum Gasteiger partial charge on any atom is 0.227 e. The monoisotopic (exact) mass is 343 g/mol. The van der Waals surface area contributed by atoms with Crippen LogP contribution in [-0.4, -0.2) is 16.0 Å². The van der Waals surface area contributed by atoms with Crippen LogP contribution in [0.2, 0.25) is 0 Å². The van der Waals surface area contributed by atoms with Gasteiger partial charge in [0.15, 0.2) is 5.82 Å². The molecule has 0 saturated carbocycles. The molecule has 0 radical (unpaired) electrons. The maximum absolute atomic E-state index is 12.3. The second-order valence-electron chi connectivity index (χ2n) is 7.90. The zero-order valence-corrected chi connectivity index (χ0v) is 16.1. The predicted molar refractivity (Wildman–Crippen MR) is 98.2 cm³/mol. The molecule has 1 heterocycles. The molecular weight excluding hydrogens is 314 g/mol. The molecule has 1 unspecified atom stereocenters. The van der Waals surface area contributed by atoms with Crippen molar-refractivity contribution in [1.29, 1.82) is 0 Å². The van der Waals surface area contributed by atoms with E-state index >= 15 is 0 Å². The van der Waals surface area contributed by atoms with Gasteiger partial charge in [-0.05, 0) is 29.4 Å². The lowest BCUT2D eigenvalue weighted by Crippen LogP contribution is -2.32. The summed E-state index contributed by atoms with van der Waals surface area (Å²) in [5.41, 5.74) is 2.54. The highest BCUT2D eigenvalue weighted by Gasteiger charge is 2.20. The molecule has 25 heavy (non-hydrogen) atoms. The van der Waals surface area contributed by atoms with Crippen LogP contribution >= 0.6 is 0 Å². The number of benzene rings is 1. The summed E-state index contributed by atoms with van der Waals surface area (Å²) in [6.07, 6.45) is 0.797. The van der Waals surface area contributed by atoms with E-state index in [1.807, 2.05) is 0 Å². The van der Waals surface area contributed by atoms with Gasteiger partial charge in [0.25, 0.3) is 0 Å². The van der Waals surface area contributed by atoms with Crippen LogP contribution in [0.5, 0.6) is 0 Å². The minimum absolute atomic E-state index is 0.00514. The molecular formula is C20H29N3O2. The smallest absolute Gasteiger partial charge is 0.227 e. The average molecular weight is 343 g/mol. The predicted octanol–water partition coefficient (Wildman–Crippen LogP) is 4.12. The Hall–Kier alpha value is -2.17. The second kappa shape index (κ2) is 7.81. The number of hydrogen-bond acceptors (Lipinski definition) is 4. The van der Waals surface area contributed by atoms with E-state index in [0.717, 1.165) is 5.56 Å². The van der Waals surface area contributed by atoms with Crippen LogP contribution in [-0.2, 0) is 16.6 Å². The second-order valence-corrected chi connectivity index (χ2v) is 7.90. The van der Waals surface area contributed by atoms with Crippen molar-refractivity contribution in [2.75, 3.05) is 0 Å². The minimum Gasteiger partial charge on any atom is -0.349 e. The van der Waals surface area contributed by atoms with Gasteiger partial charge >= 0.3 is 0 Å². The van der Waals surface area contributed by atoms with Gasteiger partial charge in [0.05, 0.1) is 6.04 Å². The van der Waals surface area contributed by atoms with E-state index in [2.05, 4.69) is 74.3 Å². The standard InChI is InChI=1S/C20H29N3O2/c1-13(2)19(15-7-9-16(10-8-15)20(4,5)6)22-17(24)11-12-18-21-14(3)23-25-18/h7-10,13,19H,11-12H2,1-6H3,(H,22,24). The van der Waals surface area contributed by atoms with Crippen molar-refractivity contribution < 1.29 is 9.32 Å². The quantitative estimate of drug-likeness (QED) is 0.856. The first-order chi connectivity index (χ1) is 11.7. The molecule has 2 aromatic rings. The molecule has 0 aliphatic carbocycles. The van der Waals surface area contributed by atoms with E-state index in [1.54, 1.807) is 6.92 Å². The van der Waals surface area contributed by atoms with Gasteiger partial charge in [-0.15, -0.1) is 0 Å². The number of carbonyl (C=O) groups is 1. The number of nitrogens with one attached hydrogen (secondary N) is 1. The van der Waals surface area contributed by atoms with Crippen LogP contribution in [0.1, 0.15) is 69.9 Å². The molecule has 1 N–H and O–H groups in total. The van der Waals surface area contributed by atoms with Gasteiger partial charge in [0.2, 0.25) is 11.8 Å². The van der Waals surface area contributed by atoms with E-state index in [0.29, 0.717) is 30.5 Å². The minimum atomic E-state index is -0.00839. The van der Waals surface area contributed by atoms with Crippen molar-refractivity contribution in [2.24, 2.45) is 5.92 Å². The Kier molecular flexibility index (Phi) is 5.98. The fourth-order valence-electron chi connectivity index (χ4n) is 2.73. The van der Waals surface area contributed by atoms with E-state index in [4.69, 9.17) is 4.52 Å². The van der Waals surface area contributed by atoms with Gasteiger partial charge in [-0.2, -0.15) is 4.98 Å². The van der Waals surface area contributed by atoms with E-state index in [9.17, 15) is 4.79 Å². The SMILES string of the molecule is Cc1noc(CCC(=O)NC(c2ccc(C(C)(C)C)cc2)C(C)C)n1. The fourth-order valence-corrected chi connectivity index (χ4v) is 2.73. The van der Waals surface area contributed by atoms with Gasteiger partial charge < -0.3 is 9.84 Å². The Morgan fingerprint density at radius 2 is 1.84 bits per heavy atom. The number of carbonyl (C=O) groups excluding carboxylic acids is 1. The molecule has 1 aromatic carbocycles. The third-order valence-electron chi connectivity index (χ3n) is 4.25. The summed E-state index contributed by atoms with van der Waals surface area (Å²) in [4.78, 5) is 16.5. The van der Waals surface area contributed by atoms with Crippen LogP contribution in [0, 0.1) is 12.8 Å². The van der Waals surface area contributed by atoms with Crippen molar-refractivity contribution in [1.82, 2.24) is 15.5 Å². The van der Waals surface area contributed by atoms with Crippen molar-refractivity contribution in [3.05, 3.63) is 47.1 Å². The first-order valence-corrected chi connectivity index (χ1v) is 8.86. The number of amides is 1. The molecule has 1 amide bonds. The molecule has 5 nitrogen and oxygen atoms in total. The first-order valence-electron chi connectivity index (χ1n) is 8.86. The molecule has 1 aromatic heterocycles. The van der Waals surface area contributed by atoms with Crippen LogP contribution in [0.25, 0.3) is 0 Å². The molecule has 5 heteroatoms. The summed E-state index contributed by atoms with van der Waals surface area (Å²) in [5, 5.41) is 6.88. The average Bonchev–Trinajstić information content (AvgIpc) is 2.95. The van der Waals surface area contributed by atoms with Crippen molar-refractivity contribution in [2.45, 2.75) is 65.8 Å². The van der Waals surface area contributed by atoms with Crippen LogP contribution < -0.4 is 5.32 Å². The number of aryl methyl sites for hydroxylation is 2. The first kappa shape index (κ1) is 19.2.